The summed E-state index contributed by atoms with van der Waals surface area (Å²) in [6.45, 7) is 2.64. The predicted molar refractivity (Wildman–Crippen MR) is 92.1 cm³/mol. The fraction of sp³-hybridized carbons (Fsp3) is 0.500. The highest BCUT2D eigenvalue weighted by atomic mass is 79.9. The van der Waals surface area contributed by atoms with Gasteiger partial charge in [-0.1, -0.05) is 15.9 Å². The monoisotopic (exact) mass is 383 g/mol. The Balaban J connectivity index is 1.71. The standard InChI is InChI=1S/C16H22BrN3O3/c1-10-8-11(17)2-4-13(10)20-15(21)6-7-19-16(22)14-5-3-12(9-18)23-14/h2,4,8,12,14H,3,5-7,9,18H2,1H3,(H,19,22)(H,20,21)/t12-,14+/m1/s1. The van der Waals surface area contributed by atoms with Gasteiger partial charge in [0.2, 0.25) is 11.8 Å². The Morgan fingerprint density at radius 2 is 2.17 bits per heavy atom. The van der Waals surface area contributed by atoms with Gasteiger partial charge in [-0.3, -0.25) is 9.59 Å². The van der Waals surface area contributed by atoms with E-state index in [-0.39, 0.29) is 30.9 Å². The second-order valence-corrected chi connectivity index (χ2v) is 6.52. The zero-order chi connectivity index (χ0) is 16.8. The van der Waals surface area contributed by atoms with Gasteiger partial charge in [-0.15, -0.1) is 0 Å². The summed E-state index contributed by atoms with van der Waals surface area (Å²) in [5.41, 5.74) is 7.27. The van der Waals surface area contributed by atoms with E-state index < -0.39 is 6.10 Å². The van der Waals surface area contributed by atoms with E-state index in [1.54, 1.807) is 0 Å². The molecule has 0 spiro atoms. The first-order valence-corrected chi connectivity index (χ1v) is 8.48. The summed E-state index contributed by atoms with van der Waals surface area (Å²) in [5, 5.41) is 5.57. The van der Waals surface area contributed by atoms with E-state index >= 15 is 0 Å². The number of rotatable bonds is 6. The van der Waals surface area contributed by atoms with Crippen LogP contribution < -0.4 is 16.4 Å². The summed E-state index contributed by atoms with van der Waals surface area (Å²) in [4.78, 5) is 23.9. The van der Waals surface area contributed by atoms with Crippen molar-refractivity contribution in [2.24, 2.45) is 5.73 Å². The maximum atomic E-state index is 11.9. The number of hydrogen-bond acceptors (Lipinski definition) is 4. The molecule has 2 amide bonds. The van der Waals surface area contributed by atoms with Gasteiger partial charge in [0.25, 0.3) is 0 Å². The van der Waals surface area contributed by atoms with Crippen LogP contribution in [0.1, 0.15) is 24.8 Å². The van der Waals surface area contributed by atoms with Crippen molar-refractivity contribution in [2.45, 2.75) is 38.4 Å². The molecule has 0 saturated carbocycles. The normalized spacial score (nSPS) is 20.3. The Morgan fingerprint density at radius 1 is 1.39 bits per heavy atom. The highest BCUT2D eigenvalue weighted by Crippen LogP contribution is 2.20. The van der Waals surface area contributed by atoms with Gasteiger partial charge in [0.15, 0.2) is 0 Å². The average molecular weight is 384 g/mol. The summed E-state index contributed by atoms with van der Waals surface area (Å²) < 4.78 is 6.48. The molecule has 0 radical (unpaired) electrons. The van der Waals surface area contributed by atoms with Crippen LogP contribution >= 0.6 is 15.9 Å². The molecule has 1 aromatic carbocycles. The van der Waals surface area contributed by atoms with Crippen molar-refractivity contribution >= 4 is 33.4 Å². The van der Waals surface area contributed by atoms with Crippen LogP contribution in [0.2, 0.25) is 0 Å². The number of hydrogen-bond donors (Lipinski definition) is 3. The fourth-order valence-electron chi connectivity index (χ4n) is 2.47. The van der Waals surface area contributed by atoms with Crippen molar-refractivity contribution < 1.29 is 14.3 Å². The molecule has 2 rings (SSSR count). The maximum Gasteiger partial charge on any atom is 0.249 e. The Kier molecular flexibility index (Phi) is 6.56. The van der Waals surface area contributed by atoms with Crippen LogP contribution in [0.4, 0.5) is 5.69 Å². The molecule has 0 aliphatic carbocycles. The number of halogens is 1. The summed E-state index contributed by atoms with van der Waals surface area (Å²) in [6, 6.07) is 5.65. The van der Waals surface area contributed by atoms with Gasteiger partial charge < -0.3 is 21.1 Å². The minimum absolute atomic E-state index is 0.0329. The fourth-order valence-corrected chi connectivity index (χ4v) is 2.94. The zero-order valence-corrected chi connectivity index (χ0v) is 14.7. The van der Waals surface area contributed by atoms with Crippen LogP contribution in [0.25, 0.3) is 0 Å². The van der Waals surface area contributed by atoms with E-state index in [4.69, 9.17) is 10.5 Å². The summed E-state index contributed by atoms with van der Waals surface area (Å²) in [7, 11) is 0. The van der Waals surface area contributed by atoms with Crippen LogP contribution in [0.15, 0.2) is 22.7 Å². The molecule has 1 aliphatic rings. The lowest BCUT2D eigenvalue weighted by Crippen LogP contribution is -2.37. The number of nitrogens with two attached hydrogens (primary N) is 1. The van der Waals surface area contributed by atoms with Gasteiger partial charge in [-0.05, 0) is 43.5 Å². The van der Waals surface area contributed by atoms with E-state index in [2.05, 4.69) is 26.6 Å². The molecule has 7 heteroatoms. The van der Waals surface area contributed by atoms with E-state index in [0.717, 1.165) is 22.1 Å². The van der Waals surface area contributed by atoms with E-state index in [1.165, 1.54) is 0 Å². The largest absolute Gasteiger partial charge is 0.364 e. The maximum absolute atomic E-state index is 11.9. The summed E-state index contributed by atoms with van der Waals surface area (Å²) in [5.74, 6) is -0.309. The Bertz CT molecular complexity index is 580. The third-order valence-electron chi connectivity index (χ3n) is 3.78. The van der Waals surface area contributed by atoms with Crippen LogP contribution in [0.3, 0.4) is 0 Å². The number of anilines is 1. The minimum Gasteiger partial charge on any atom is -0.364 e. The molecule has 0 unspecified atom stereocenters. The van der Waals surface area contributed by atoms with Gasteiger partial charge in [0.1, 0.15) is 6.10 Å². The minimum atomic E-state index is -0.444. The van der Waals surface area contributed by atoms with Crippen LogP contribution in [-0.2, 0) is 14.3 Å². The number of nitrogens with one attached hydrogen (secondary N) is 2. The number of ether oxygens (including phenoxy) is 1. The first-order chi connectivity index (χ1) is 11.0. The number of benzene rings is 1. The van der Waals surface area contributed by atoms with Crippen molar-refractivity contribution in [1.82, 2.24) is 5.32 Å². The van der Waals surface area contributed by atoms with Crippen molar-refractivity contribution in [3.05, 3.63) is 28.2 Å². The van der Waals surface area contributed by atoms with Gasteiger partial charge in [0, 0.05) is 29.7 Å². The van der Waals surface area contributed by atoms with E-state index in [9.17, 15) is 9.59 Å². The van der Waals surface area contributed by atoms with Crippen LogP contribution in [-0.4, -0.2) is 37.1 Å². The third-order valence-corrected chi connectivity index (χ3v) is 4.27. The molecular formula is C16H22BrN3O3. The molecule has 0 bridgehead atoms. The Morgan fingerprint density at radius 3 is 2.83 bits per heavy atom. The number of carbonyl (C=O) groups excluding carboxylic acids is 2. The molecule has 23 heavy (non-hydrogen) atoms. The van der Waals surface area contributed by atoms with Crippen molar-refractivity contribution in [2.75, 3.05) is 18.4 Å². The van der Waals surface area contributed by atoms with Crippen LogP contribution in [0.5, 0.6) is 0 Å². The topological polar surface area (TPSA) is 93.5 Å². The number of amides is 2. The van der Waals surface area contributed by atoms with Crippen molar-refractivity contribution in [3.63, 3.8) is 0 Å². The van der Waals surface area contributed by atoms with Crippen molar-refractivity contribution in [1.29, 1.82) is 0 Å². The highest BCUT2D eigenvalue weighted by molar-refractivity contribution is 9.10. The van der Waals surface area contributed by atoms with Gasteiger partial charge in [-0.25, -0.2) is 0 Å². The Hall–Kier alpha value is -1.44. The molecule has 6 nitrogen and oxygen atoms in total. The van der Waals surface area contributed by atoms with Crippen molar-refractivity contribution in [3.8, 4) is 0 Å². The zero-order valence-electron chi connectivity index (χ0n) is 13.1. The molecule has 1 aliphatic heterocycles. The first kappa shape index (κ1) is 17.9. The second-order valence-electron chi connectivity index (χ2n) is 5.61. The average Bonchev–Trinajstić information content (AvgIpc) is 2.99. The molecule has 0 aromatic heterocycles. The molecular weight excluding hydrogens is 362 g/mol. The van der Waals surface area contributed by atoms with Gasteiger partial charge >= 0.3 is 0 Å². The molecule has 1 aromatic rings. The summed E-state index contributed by atoms with van der Waals surface area (Å²) in [6.07, 6.45) is 1.22. The molecule has 126 valence electrons. The first-order valence-electron chi connectivity index (χ1n) is 7.69. The molecule has 2 atom stereocenters. The molecule has 1 saturated heterocycles. The lowest BCUT2D eigenvalue weighted by molar-refractivity contribution is -0.131. The second kappa shape index (κ2) is 8.42. The van der Waals surface area contributed by atoms with Gasteiger partial charge in [-0.2, -0.15) is 0 Å². The van der Waals surface area contributed by atoms with Gasteiger partial charge in [0.05, 0.1) is 6.10 Å². The number of aryl methyl sites for hydroxylation is 1. The molecule has 1 fully saturated rings. The molecule has 1 heterocycles. The Labute approximate surface area is 144 Å². The SMILES string of the molecule is Cc1cc(Br)ccc1NC(=O)CCNC(=O)[C@@H]1CC[C@H](CN)O1. The smallest absolute Gasteiger partial charge is 0.249 e. The summed E-state index contributed by atoms with van der Waals surface area (Å²) >= 11 is 3.38. The van der Waals surface area contributed by atoms with E-state index in [1.807, 2.05) is 25.1 Å². The van der Waals surface area contributed by atoms with E-state index in [0.29, 0.717) is 13.0 Å². The lowest BCUT2D eigenvalue weighted by Gasteiger charge is -2.13. The third kappa shape index (κ3) is 5.30. The molecule has 4 N–H and O–H groups in total. The number of carbonyl (C=O) groups is 2. The van der Waals surface area contributed by atoms with Crippen LogP contribution in [0, 0.1) is 6.92 Å². The lowest BCUT2D eigenvalue weighted by atomic mass is 10.2. The quantitative estimate of drug-likeness (QED) is 0.696. The predicted octanol–water partition coefficient (Wildman–Crippen LogP) is 1.71. The highest BCUT2D eigenvalue weighted by Gasteiger charge is 2.29.